The lowest BCUT2D eigenvalue weighted by Gasteiger charge is -2.11. The standard InChI is InChI=1S/C14H12BrF2N3O/c15-9-2-4-13(12(17)5-9)19-7-8-1-3-10(16)6-11(8)14(18)20-21/h1-6,19,21H,7H2,(H2,18,20). The number of hydrogen-bond donors (Lipinski definition) is 3. The van der Waals surface area contributed by atoms with Crippen LogP contribution in [0.5, 0.6) is 0 Å². The van der Waals surface area contributed by atoms with Gasteiger partial charge in [-0.25, -0.2) is 8.78 Å². The summed E-state index contributed by atoms with van der Waals surface area (Å²) < 4.78 is 27.6. The summed E-state index contributed by atoms with van der Waals surface area (Å²) >= 11 is 3.17. The molecule has 2 rings (SSSR count). The first kappa shape index (κ1) is 15.2. The maximum absolute atomic E-state index is 13.7. The van der Waals surface area contributed by atoms with Gasteiger partial charge in [-0.15, -0.1) is 0 Å². The van der Waals surface area contributed by atoms with E-state index in [0.717, 1.165) is 6.07 Å². The highest BCUT2D eigenvalue weighted by Gasteiger charge is 2.10. The highest BCUT2D eigenvalue weighted by molar-refractivity contribution is 9.10. The van der Waals surface area contributed by atoms with Gasteiger partial charge in [-0.05, 0) is 35.9 Å². The molecular formula is C14H12BrF2N3O. The van der Waals surface area contributed by atoms with Gasteiger partial charge >= 0.3 is 0 Å². The molecule has 0 aliphatic heterocycles. The maximum Gasteiger partial charge on any atom is 0.170 e. The number of nitrogens with one attached hydrogen (secondary N) is 1. The summed E-state index contributed by atoms with van der Waals surface area (Å²) in [5.74, 6) is -1.13. The number of nitrogens with two attached hydrogens (primary N) is 1. The van der Waals surface area contributed by atoms with Gasteiger partial charge in [0.25, 0.3) is 0 Å². The molecule has 0 aromatic heterocycles. The van der Waals surface area contributed by atoms with E-state index in [-0.39, 0.29) is 17.9 Å². The van der Waals surface area contributed by atoms with Crippen molar-refractivity contribution < 1.29 is 14.0 Å². The number of hydrogen-bond acceptors (Lipinski definition) is 3. The molecule has 0 heterocycles. The molecule has 110 valence electrons. The molecule has 0 saturated carbocycles. The van der Waals surface area contributed by atoms with E-state index in [2.05, 4.69) is 26.4 Å². The first-order valence-corrected chi connectivity index (χ1v) is 6.76. The minimum Gasteiger partial charge on any atom is -0.409 e. The maximum atomic E-state index is 13.7. The van der Waals surface area contributed by atoms with Crippen LogP contribution >= 0.6 is 15.9 Å². The van der Waals surface area contributed by atoms with Crippen molar-refractivity contribution in [1.29, 1.82) is 0 Å². The van der Waals surface area contributed by atoms with Crippen LogP contribution in [-0.2, 0) is 6.54 Å². The molecule has 0 aliphatic rings. The second-order valence-electron chi connectivity index (χ2n) is 4.26. The zero-order valence-electron chi connectivity index (χ0n) is 10.8. The molecule has 21 heavy (non-hydrogen) atoms. The molecule has 0 spiro atoms. The van der Waals surface area contributed by atoms with Crippen molar-refractivity contribution in [2.45, 2.75) is 6.54 Å². The van der Waals surface area contributed by atoms with E-state index in [1.807, 2.05) is 0 Å². The Morgan fingerprint density at radius 1 is 1.24 bits per heavy atom. The van der Waals surface area contributed by atoms with E-state index in [9.17, 15) is 8.78 Å². The summed E-state index contributed by atoms with van der Waals surface area (Å²) in [7, 11) is 0. The Labute approximate surface area is 128 Å². The molecule has 2 aromatic carbocycles. The Morgan fingerprint density at radius 2 is 2.00 bits per heavy atom. The van der Waals surface area contributed by atoms with Gasteiger partial charge in [-0.2, -0.15) is 0 Å². The Balaban J connectivity index is 2.24. The lowest BCUT2D eigenvalue weighted by Crippen LogP contribution is -2.17. The van der Waals surface area contributed by atoms with E-state index >= 15 is 0 Å². The van der Waals surface area contributed by atoms with Crippen LogP contribution in [-0.4, -0.2) is 11.0 Å². The first-order chi connectivity index (χ1) is 10.0. The van der Waals surface area contributed by atoms with Crippen LogP contribution in [0.25, 0.3) is 0 Å². The third-order valence-corrected chi connectivity index (χ3v) is 3.35. The van der Waals surface area contributed by atoms with Crippen molar-refractivity contribution in [2.24, 2.45) is 10.9 Å². The third-order valence-electron chi connectivity index (χ3n) is 2.86. The van der Waals surface area contributed by atoms with Crippen LogP contribution in [0.15, 0.2) is 46.0 Å². The zero-order valence-corrected chi connectivity index (χ0v) is 12.4. The fourth-order valence-electron chi connectivity index (χ4n) is 1.82. The lowest BCUT2D eigenvalue weighted by molar-refractivity contribution is 0.318. The number of halogens is 3. The SMILES string of the molecule is NC(=NO)c1cc(F)ccc1CNc1ccc(Br)cc1F. The average Bonchev–Trinajstić information content (AvgIpc) is 2.46. The fourth-order valence-corrected chi connectivity index (χ4v) is 2.15. The molecule has 0 fully saturated rings. The Bertz CT molecular complexity index is 692. The zero-order chi connectivity index (χ0) is 15.4. The highest BCUT2D eigenvalue weighted by Crippen LogP contribution is 2.21. The van der Waals surface area contributed by atoms with Crippen LogP contribution < -0.4 is 11.1 Å². The fraction of sp³-hybridized carbons (Fsp3) is 0.0714. The minimum absolute atomic E-state index is 0.199. The predicted octanol–water partition coefficient (Wildman–Crippen LogP) is 3.43. The van der Waals surface area contributed by atoms with Gasteiger partial charge in [-0.1, -0.05) is 27.2 Å². The molecule has 0 saturated heterocycles. The third kappa shape index (κ3) is 3.69. The summed E-state index contributed by atoms with van der Waals surface area (Å²) in [6.45, 7) is 0.199. The average molecular weight is 356 g/mol. The van der Waals surface area contributed by atoms with Gasteiger partial charge < -0.3 is 16.3 Å². The van der Waals surface area contributed by atoms with Gasteiger partial charge in [0.05, 0.1) is 5.69 Å². The molecule has 0 radical (unpaired) electrons. The second kappa shape index (κ2) is 6.53. The smallest absolute Gasteiger partial charge is 0.170 e. The number of benzene rings is 2. The van der Waals surface area contributed by atoms with Crippen LogP contribution in [0.3, 0.4) is 0 Å². The number of nitrogens with zero attached hydrogens (tertiary/aromatic N) is 1. The van der Waals surface area contributed by atoms with Crippen LogP contribution in [0, 0.1) is 11.6 Å². The van der Waals surface area contributed by atoms with E-state index < -0.39 is 11.6 Å². The quantitative estimate of drug-likeness (QED) is 0.340. The summed E-state index contributed by atoms with van der Waals surface area (Å²) in [6.07, 6.45) is 0. The topological polar surface area (TPSA) is 70.6 Å². The van der Waals surface area contributed by atoms with E-state index in [0.29, 0.717) is 15.7 Å². The molecule has 0 bridgehead atoms. The van der Waals surface area contributed by atoms with Gasteiger partial charge in [0.2, 0.25) is 0 Å². The van der Waals surface area contributed by atoms with Crippen molar-refractivity contribution in [3.05, 3.63) is 63.6 Å². The normalized spacial score (nSPS) is 11.5. The predicted molar refractivity (Wildman–Crippen MR) is 80.3 cm³/mol. The molecule has 0 amide bonds. The molecule has 0 unspecified atom stereocenters. The van der Waals surface area contributed by atoms with Crippen molar-refractivity contribution in [2.75, 3.05) is 5.32 Å². The van der Waals surface area contributed by atoms with Gasteiger partial charge in [0.1, 0.15) is 11.6 Å². The number of oxime groups is 1. The Hall–Kier alpha value is -2.15. The van der Waals surface area contributed by atoms with Crippen LogP contribution in [0.4, 0.5) is 14.5 Å². The Kier molecular flexibility index (Phi) is 4.74. The first-order valence-electron chi connectivity index (χ1n) is 5.96. The van der Waals surface area contributed by atoms with E-state index in [1.165, 1.54) is 18.2 Å². The van der Waals surface area contributed by atoms with Gasteiger partial charge in [0, 0.05) is 16.6 Å². The summed E-state index contributed by atoms with van der Waals surface area (Å²) in [6, 6.07) is 8.50. The van der Waals surface area contributed by atoms with Crippen molar-refractivity contribution in [3.63, 3.8) is 0 Å². The largest absolute Gasteiger partial charge is 0.409 e. The number of anilines is 1. The van der Waals surface area contributed by atoms with Gasteiger partial charge in [0.15, 0.2) is 5.84 Å². The van der Waals surface area contributed by atoms with Crippen LogP contribution in [0.2, 0.25) is 0 Å². The van der Waals surface area contributed by atoms with E-state index in [1.54, 1.807) is 12.1 Å². The molecule has 2 aromatic rings. The van der Waals surface area contributed by atoms with Crippen molar-refractivity contribution in [3.8, 4) is 0 Å². The van der Waals surface area contributed by atoms with Crippen LogP contribution in [0.1, 0.15) is 11.1 Å². The summed E-state index contributed by atoms with van der Waals surface area (Å²) in [5.41, 5.74) is 6.64. The van der Waals surface area contributed by atoms with E-state index in [4.69, 9.17) is 10.9 Å². The Morgan fingerprint density at radius 3 is 2.67 bits per heavy atom. The van der Waals surface area contributed by atoms with Gasteiger partial charge in [-0.3, -0.25) is 0 Å². The molecule has 4 N–H and O–H groups in total. The number of rotatable bonds is 4. The molecule has 0 aliphatic carbocycles. The summed E-state index contributed by atoms with van der Waals surface area (Å²) in [5, 5.41) is 14.5. The lowest BCUT2D eigenvalue weighted by atomic mass is 10.1. The minimum atomic E-state index is -0.504. The molecule has 0 atom stereocenters. The summed E-state index contributed by atoms with van der Waals surface area (Å²) in [4.78, 5) is 0. The highest BCUT2D eigenvalue weighted by atomic mass is 79.9. The second-order valence-corrected chi connectivity index (χ2v) is 5.18. The molecular weight excluding hydrogens is 344 g/mol. The van der Waals surface area contributed by atoms with Crippen molar-refractivity contribution in [1.82, 2.24) is 0 Å². The number of amidine groups is 1. The monoisotopic (exact) mass is 355 g/mol. The molecule has 7 heteroatoms. The van der Waals surface area contributed by atoms with Crippen molar-refractivity contribution >= 4 is 27.5 Å². The molecule has 4 nitrogen and oxygen atoms in total.